The largest absolute Gasteiger partial charge is 0.298 e. The highest BCUT2D eigenvalue weighted by molar-refractivity contribution is 6.89. The molecule has 0 bridgehead atoms. The highest BCUT2D eigenvalue weighted by Crippen LogP contribution is 2.09. The molecule has 70 valence electrons. The van der Waals surface area contributed by atoms with Crippen molar-refractivity contribution < 1.29 is 9.18 Å². The molecule has 0 fully saturated rings. The number of hydrogen-bond acceptors (Lipinski definition) is 1. The van der Waals surface area contributed by atoms with Crippen molar-refractivity contribution in [2.75, 3.05) is 0 Å². The summed E-state index contributed by atoms with van der Waals surface area (Å²) in [4.78, 5) is 10.7. The van der Waals surface area contributed by atoms with Gasteiger partial charge in [0.05, 0.1) is 8.07 Å². The molecule has 0 saturated heterocycles. The van der Waals surface area contributed by atoms with Crippen LogP contribution in [-0.4, -0.2) is 14.4 Å². The molecule has 1 rings (SSSR count). The first kappa shape index (κ1) is 10.1. The summed E-state index contributed by atoms with van der Waals surface area (Å²) in [7, 11) is -1.75. The normalized spacial score (nSPS) is 11.4. The van der Waals surface area contributed by atoms with Crippen LogP contribution in [0.25, 0.3) is 0 Å². The van der Waals surface area contributed by atoms with Gasteiger partial charge in [0, 0.05) is 5.56 Å². The van der Waals surface area contributed by atoms with E-state index in [9.17, 15) is 9.18 Å². The van der Waals surface area contributed by atoms with Gasteiger partial charge < -0.3 is 0 Å². The lowest BCUT2D eigenvalue weighted by molar-refractivity contribution is 0.112. The van der Waals surface area contributed by atoms with Crippen molar-refractivity contribution >= 4 is 19.5 Å². The maximum absolute atomic E-state index is 13.4. The molecule has 1 aromatic rings. The van der Waals surface area contributed by atoms with E-state index in [4.69, 9.17) is 0 Å². The Morgan fingerprint density at radius 2 is 1.92 bits per heavy atom. The van der Waals surface area contributed by atoms with Crippen molar-refractivity contribution in [1.29, 1.82) is 0 Å². The maximum atomic E-state index is 13.4. The van der Waals surface area contributed by atoms with Crippen LogP contribution in [0.5, 0.6) is 0 Å². The van der Waals surface area contributed by atoms with Crippen LogP contribution in [0.2, 0.25) is 19.6 Å². The molecule has 1 nitrogen and oxygen atoms in total. The highest BCUT2D eigenvalue weighted by Gasteiger charge is 2.23. The third-order valence-corrected chi connectivity index (χ3v) is 3.95. The summed E-state index contributed by atoms with van der Waals surface area (Å²) in [5.41, 5.74) is 0.499. The third-order valence-electron chi connectivity index (χ3n) is 1.92. The van der Waals surface area contributed by atoms with Gasteiger partial charge in [0.1, 0.15) is 12.1 Å². The summed E-state index contributed by atoms with van der Waals surface area (Å²) in [5.74, 6) is -0.247. The number of rotatable bonds is 2. The quantitative estimate of drug-likeness (QED) is 0.523. The molecule has 0 aliphatic rings. The minimum atomic E-state index is -1.75. The summed E-state index contributed by atoms with van der Waals surface area (Å²) >= 11 is 0. The topological polar surface area (TPSA) is 17.1 Å². The van der Waals surface area contributed by atoms with Crippen LogP contribution in [-0.2, 0) is 0 Å². The van der Waals surface area contributed by atoms with Crippen LogP contribution in [0.3, 0.4) is 0 Å². The predicted molar refractivity (Wildman–Crippen MR) is 54.8 cm³/mol. The molecule has 1 aromatic carbocycles. The van der Waals surface area contributed by atoms with E-state index in [0.717, 1.165) is 6.29 Å². The van der Waals surface area contributed by atoms with Crippen molar-refractivity contribution in [3.05, 3.63) is 29.6 Å². The lowest BCUT2D eigenvalue weighted by Crippen LogP contribution is -2.42. The van der Waals surface area contributed by atoms with Gasteiger partial charge in [0.15, 0.2) is 0 Å². The molecule has 13 heavy (non-hydrogen) atoms. The smallest absolute Gasteiger partial charge is 0.150 e. The Balaban J connectivity index is 3.40. The van der Waals surface area contributed by atoms with Gasteiger partial charge in [0.25, 0.3) is 0 Å². The molecule has 0 N–H and O–H groups in total. The Kier molecular flexibility index (Phi) is 2.66. The van der Waals surface area contributed by atoms with Crippen LogP contribution in [0.1, 0.15) is 10.4 Å². The van der Waals surface area contributed by atoms with Gasteiger partial charge >= 0.3 is 0 Å². The molecule has 0 amide bonds. The Bertz CT molecular complexity index is 328. The Hall–Kier alpha value is -0.963. The molecule has 0 aromatic heterocycles. The zero-order valence-corrected chi connectivity index (χ0v) is 9.10. The lowest BCUT2D eigenvalue weighted by Gasteiger charge is -2.19. The van der Waals surface area contributed by atoms with E-state index in [1.165, 1.54) is 6.07 Å². The first-order valence-electron chi connectivity index (χ1n) is 4.21. The molecular formula is C10H13FOSi. The van der Waals surface area contributed by atoms with E-state index in [2.05, 4.69) is 0 Å². The summed E-state index contributed by atoms with van der Waals surface area (Å²) in [5, 5.41) is 0.630. The van der Waals surface area contributed by atoms with Crippen molar-refractivity contribution in [1.82, 2.24) is 0 Å². The average Bonchev–Trinajstić information content (AvgIpc) is 2.01. The van der Waals surface area contributed by atoms with Gasteiger partial charge in [-0.1, -0.05) is 31.8 Å². The van der Waals surface area contributed by atoms with Crippen LogP contribution in [0.15, 0.2) is 18.2 Å². The van der Waals surface area contributed by atoms with Crippen molar-refractivity contribution in [3.63, 3.8) is 0 Å². The summed E-state index contributed by atoms with van der Waals surface area (Å²) < 4.78 is 13.4. The summed E-state index contributed by atoms with van der Waals surface area (Å²) in [6.07, 6.45) is 0.733. The minimum Gasteiger partial charge on any atom is -0.298 e. The molecule has 0 aliphatic heterocycles. The molecule has 0 saturated carbocycles. The number of carbonyl (C=O) groups is 1. The van der Waals surface area contributed by atoms with E-state index in [-0.39, 0.29) is 5.82 Å². The fourth-order valence-corrected chi connectivity index (χ4v) is 3.24. The van der Waals surface area contributed by atoms with E-state index < -0.39 is 8.07 Å². The second kappa shape index (κ2) is 3.42. The van der Waals surface area contributed by atoms with Crippen LogP contribution in [0, 0.1) is 5.82 Å². The Morgan fingerprint density at radius 1 is 1.31 bits per heavy atom. The summed E-state index contributed by atoms with van der Waals surface area (Å²) in [6, 6.07) is 4.66. The number of carbonyl (C=O) groups excluding carboxylic acids is 1. The highest BCUT2D eigenvalue weighted by atomic mass is 28.3. The van der Waals surface area contributed by atoms with E-state index in [1.54, 1.807) is 12.1 Å². The summed E-state index contributed by atoms with van der Waals surface area (Å²) in [6.45, 7) is 6.08. The first-order chi connectivity index (χ1) is 5.96. The maximum Gasteiger partial charge on any atom is 0.150 e. The van der Waals surface area contributed by atoms with Crippen molar-refractivity contribution in [3.8, 4) is 0 Å². The molecule has 0 spiro atoms. The number of halogens is 1. The molecule has 3 heteroatoms. The zero-order valence-electron chi connectivity index (χ0n) is 8.10. The fourth-order valence-electron chi connectivity index (χ4n) is 1.43. The minimum absolute atomic E-state index is 0.247. The number of aldehydes is 1. The van der Waals surface area contributed by atoms with E-state index >= 15 is 0 Å². The SMILES string of the molecule is C[Si](C)(C)c1c(F)cccc1C=O. The average molecular weight is 196 g/mol. The molecular weight excluding hydrogens is 183 g/mol. The molecule has 0 radical (unpaired) electrons. The van der Waals surface area contributed by atoms with E-state index in [1.807, 2.05) is 19.6 Å². The van der Waals surface area contributed by atoms with Gasteiger partial charge in [0.2, 0.25) is 0 Å². The second-order valence-electron chi connectivity index (χ2n) is 4.07. The lowest BCUT2D eigenvalue weighted by atomic mass is 10.2. The van der Waals surface area contributed by atoms with Gasteiger partial charge in [-0.15, -0.1) is 0 Å². The van der Waals surface area contributed by atoms with Crippen molar-refractivity contribution in [2.24, 2.45) is 0 Å². The van der Waals surface area contributed by atoms with Crippen LogP contribution >= 0.6 is 0 Å². The molecule has 0 atom stereocenters. The monoisotopic (exact) mass is 196 g/mol. The van der Waals surface area contributed by atoms with Gasteiger partial charge in [-0.25, -0.2) is 4.39 Å². The van der Waals surface area contributed by atoms with Gasteiger partial charge in [-0.3, -0.25) is 4.79 Å². The Morgan fingerprint density at radius 3 is 2.31 bits per heavy atom. The fraction of sp³-hybridized carbons (Fsp3) is 0.300. The first-order valence-corrected chi connectivity index (χ1v) is 7.71. The Labute approximate surface area is 78.6 Å². The zero-order chi connectivity index (χ0) is 10.1. The van der Waals surface area contributed by atoms with Crippen LogP contribution < -0.4 is 5.19 Å². The second-order valence-corrected chi connectivity index (χ2v) is 9.07. The molecule has 0 heterocycles. The predicted octanol–water partition coefficient (Wildman–Crippen LogP) is 2.18. The van der Waals surface area contributed by atoms with Gasteiger partial charge in [-0.05, 0) is 11.3 Å². The van der Waals surface area contributed by atoms with Gasteiger partial charge in [-0.2, -0.15) is 0 Å². The van der Waals surface area contributed by atoms with Crippen LogP contribution in [0.4, 0.5) is 4.39 Å². The van der Waals surface area contributed by atoms with Crippen molar-refractivity contribution in [2.45, 2.75) is 19.6 Å². The molecule has 0 aliphatic carbocycles. The number of hydrogen-bond donors (Lipinski definition) is 0. The third kappa shape index (κ3) is 2.04. The van der Waals surface area contributed by atoms with E-state index in [0.29, 0.717) is 10.8 Å². The number of benzene rings is 1. The molecule has 0 unspecified atom stereocenters. The standard InChI is InChI=1S/C10H13FOSi/c1-13(2,3)10-8(7-12)5-4-6-9(10)11/h4-7H,1-3H3.